The van der Waals surface area contributed by atoms with Crippen LogP contribution in [0, 0.1) is 17.8 Å². The van der Waals surface area contributed by atoms with Crippen molar-refractivity contribution in [1.82, 2.24) is 5.32 Å². The van der Waals surface area contributed by atoms with E-state index in [4.69, 9.17) is 10.5 Å². The second-order valence-electron chi connectivity index (χ2n) is 5.45. The third-order valence-corrected chi connectivity index (χ3v) is 3.32. The molecule has 0 heterocycles. The van der Waals surface area contributed by atoms with Crippen molar-refractivity contribution >= 4 is 6.03 Å². The van der Waals surface area contributed by atoms with Crippen molar-refractivity contribution < 1.29 is 27.4 Å². The van der Waals surface area contributed by atoms with Gasteiger partial charge in [0.1, 0.15) is 17.6 Å². The van der Waals surface area contributed by atoms with Crippen molar-refractivity contribution in [3.05, 3.63) is 24.3 Å². The largest absolute Gasteiger partial charge is 0.573 e. The zero-order chi connectivity index (χ0) is 17.7. The molecule has 1 fully saturated rings. The van der Waals surface area contributed by atoms with Crippen LogP contribution in [0.15, 0.2) is 24.3 Å². The number of alkyl halides is 3. The van der Waals surface area contributed by atoms with Crippen molar-refractivity contribution in [2.45, 2.75) is 38.3 Å². The molecule has 0 spiro atoms. The third kappa shape index (κ3) is 5.91. The Bertz CT molecular complexity index is 629. The van der Waals surface area contributed by atoms with Gasteiger partial charge in [-0.25, -0.2) is 4.79 Å². The van der Waals surface area contributed by atoms with Crippen molar-refractivity contribution in [2.24, 2.45) is 11.7 Å². The van der Waals surface area contributed by atoms with Gasteiger partial charge in [0.2, 0.25) is 0 Å². The lowest BCUT2D eigenvalue weighted by molar-refractivity contribution is -0.274. The van der Waals surface area contributed by atoms with Crippen LogP contribution in [0.4, 0.5) is 18.0 Å². The van der Waals surface area contributed by atoms with E-state index >= 15 is 0 Å². The minimum Gasteiger partial charge on any atom is -0.490 e. The fourth-order valence-electron chi connectivity index (χ4n) is 2.18. The van der Waals surface area contributed by atoms with Crippen LogP contribution < -0.4 is 20.5 Å². The highest BCUT2D eigenvalue weighted by Crippen LogP contribution is 2.32. The lowest BCUT2D eigenvalue weighted by Crippen LogP contribution is -2.36. The second kappa shape index (κ2) is 7.34. The predicted octanol–water partition coefficient (Wildman–Crippen LogP) is 2.80. The molecule has 2 amide bonds. The van der Waals surface area contributed by atoms with Gasteiger partial charge in [0.25, 0.3) is 0 Å². The number of hydrogen-bond acceptors (Lipinski definition) is 3. The van der Waals surface area contributed by atoms with E-state index in [-0.39, 0.29) is 23.8 Å². The number of benzene rings is 1. The average Bonchev–Trinajstić information content (AvgIpc) is 2.40. The van der Waals surface area contributed by atoms with Crippen molar-refractivity contribution in [2.75, 3.05) is 0 Å². The summed E-state index contributed by atoms with van der Waals surface area (Å²) in [6.07, 6.45) is -3.30. The number of nitrogens with two attached hydrogens (primary N) is 1. The first kappa shape index (κ1) is 17.8. The Kier molecular flexibility index (Phi) is 5.44. The molecular weight excluding hydrogens is 325 g/mol. The Balaban J connectivity index is 1.75. The van der Waals surface area contributed by atoms with Crippen LogP contribution in [0.5, 0.6) is 11.5 Å². The Hall–Kier alpha value is -2.56. The van der Waals surface area contributed by atoms with Crippen LogP contribution in [-0.2, 0) is 0 Å². The van der Waals surface area contributed by atoms with Gasteiger partial charge in [-0.2, -0.15) is 0 Å². The summed E-state index contributed by atoms with van der Waals surface area (Å²) in [6.45, 7) is 1.73. The first-order valence-electron chi connectivity index (χ1n) is 7.31. The molecule has 1 aromatic rings. The van der Waals surface area contributed by atoms with E-state index in [0.29, 0.717) is 5.75 Å². The van der Waals surface area contributed by atoms with Crippen LogP contribution in [-0.4, -0.2) is 24.5 Å². The smallest absolute Gasteiger partial charge is 0.490 e. The first-order chi connectivity index (χ1) is 11.2. The van der Waals surface area contributed by atoms with Gasteiger partial charge in [-0.3, -0.25) is 0 Å². The summed E-state index contributed by atoms with van der Waals surface area (Å²) in [5, 5.41) is 2.46. The average molecular weight is 342 g/mol. The maximum absolute atomic E-state index is 12.1. The molecule has 8 heteroatoms. The quantitative estimate of drug-likeness (QED) is 0.827. The van der Waals surface area contributed by atoms with E-state index in [1.165, 1.54) is 24.3 Å². The first-order valence-corrected chi connectivity index (χ1v) is 7.31. The van der Waals surface area contributed by atoms with Crippen molar-refractivity contribution in [1.29, 1.82) is 0 Å². The van der Waals surface area contributed by atoms with Gasteiger partial charge in [0, 0.05) is 5.92 Å². The number of primary amides is 1. The van der Waals surface area contributed by atoms with Gasteiger partial charge < -0.3 is 20.5 Å². The molecule has 1 saturated carbocycles. The molecule has 0 bridgehead atoms. The number of rotatable bonds is 4. The van der Waals surface area contributed by atoms with Crippen LogP contribution in [0.25, 0.3) is 0 Å². The summed E-state index contributed by atoms with van der Waals surface area (Å²) in [5.41, 5.74) is 4.99. The Morgan fingerprint density at radius 3 is 2.42 bits per heavy atom. The number of hydrogen-bond donors (Lipinski definition) is 2. The molecule has 0 radical (unpaired) electrons. The molecule has 1 aliphatic carbocycles. The molecule has 24 heavy (non-hydrogen) atoms. The maximum Gasteiger partial charge on any atom is 0.573 e. The Morgan fingerprint density at radius 1 is 1.29 bits per heavy atom. The molecular formula is C16H17F3N2O3. The molecule has 1 aliphatic rings. The summed E-state index contributed by atoms with van der Waals surface area (Å²) in [5.74, 6) is 6.27. The maximum atomic E-state index is 12.1. The van der Waals surface area contributed by atoms with Gasteiger partial charge >= 0.3 is 12.4 Å². The number of nitrogens with one attached hydrogen (secondary N) is 1. The third-order valence-electron chi connectivity index (χ3n) is 3.32. The van der Waals surface area contributed by atoms with Crippen molar-refractivity contribution in [3.63, 3.8) is 0 Å². The van der Waals surface area contributed by atoms with Gasteiger partial charge in [-0.05, 0) is 44.0 Å². The minimum absolute atomic E-state index is 0.0295. The topological polar surface area (TPSA) is 73.6 Å². The fourth-order valence-corrected chi connectivity index (χ4v) is 2.18. The van der Waals surface area contributed by atoms with Crippen LogP contribution in [0.3, 0.4) is 0 Å². The van der Waals surface area contributed by atoms with E-state index in [0.717, 1.165) is 12.8 Å². The lowest BCUT2D eigenvalue weighted by Gasteiger charge is -2.32. The van der Waals surface area contributed by atoms with E-state index in [9.17, 15) is 18.0 Å². The second-order valence-corrected chi connectivity index (χ2v) is 5.45. The summed E-state index contributed by atoms with van der Waals surface area (Å²) in [6, 6.07) is 4.33. The predicted molar refractivity (Wildman–Crippen MR) is 80.2 cm³/mol. The molecule has 3 N–H and O–H groups in total. The van der Waals surface area contributed by atoms with E-state index in [2.05, 4.69) is 21.9 Å². The van der Waals surface area contributed by atoms with E-state index in [1.807, 2.05) is 0 Å². The number of carbonyl (C=O) groups excluding carboxylic acids is 1. The summed E-state index contributed by atoms with van der Waals surface area (Å²) < 4.78 is 45.6. The standard InChI is InChI=1S/C16H17F3N2O3/c1-10(21-15(20)22)2-3-11-8-14(9-11)23-12-4-6-13(7-5-12)24-16(17,18)19/h4-7,10-11,14H,8-9H2,1H3,(H3,20,21,22). The van der Waals surface area contributed by atoms with Crippen LogP contribution in [0.2, 0.25) is 0 Å². The van der Waals surface area contributed by atoms with Gasteiger partial charge in [0.05, 0.1) is 6.04 Å². The van der Waals surface area contributed by atoms with E-state index in [1.54, 1.807) is 6.92 Å². The van der Waals surface area contributed by atoms with Gasteiger partial charge in [-0.15, -0.1) is 13.2 Å². The Labute approximate surface area is 137 Å². The van der Waals surface area contributed by atoms with Crippen LogP contribution in [0.1, 0.15) is 19.8 Å². The van der Waals surface area contributed by atoms with Gasteiger partial charge in [0.15, 0.2) is 0 Å². The van der Waals surface area contributed by atoms with Crippen LogP contribution >= 0.6 is 0 Å². The lowest BCUT2D eigenvalue weighted by atomic mass is 9.82. The molecule has 0 aliphatic heterocycles. The van der Waals surface area contributed by atoms with Crippen molar-refractivity contribution in [3.8, 4) is 23.3 Å². The number of halogens is 3. The normalized spacial score (nSPS) is 20.8. The number of urea groups is 1. The highest BCUT2D eigenvalue weighted by molar-refractivity contribution is 5.72. The number of ether oxygens (including phenoxy) is 2. The summed E-state index contributed by atoms with van der Waals surface area (Å²) in [4.78, 5) is 10.6. The molecule has 130 valence electrons. The molecule has 1 unspecified atom stereocenters. The summed E-state index contributed by atoms with van der Waals surface area (Å²) >= 11 is 0. The molecule has 0 aromatic heterocycles. The fraction of sp³-hybridized carbons (Fsp3) is 0.438. The zero-order valence-electron chi connectivity index (χ0n) is 12.9. The molecule has 1 aromatic carbocycles. The highest BCUT2D eigenvalue weighted by atomic mass is 19.4. The summed E-state index contributed by atoms with van der Waals surface area (Å²) in [7, 11) is 0. The molecule has 0 saturated heterocycles. The molecule has 2 rings (SSSR count). The van der Waals surface area contributed by atoms with Gasteiger partial charge in [-0.1, -0.05) is 11.8 Å². The van der Waals surface area contributed by atoms with E-state index < -0.39 is 12.4 Å². The molecule has 1 atom stereocenters. The highest BCUT2D eigenvalue weighted by Gasteiger charge is 2.31. The number of amides is 2. The minimum atomic E-state index is -4.71. The Morgan fingerprint density at radius 2 is 1.88 bits per heavy atom. The molecule has 5 nitrogen and oxygen atoms in total. The monoisotopic (exact) mass is 342 g/mol. The SMILES string of the molecule is CC(C#CC1CC(Oc2ccc(OC(F)(F)F)cc2)C1)NC(N)=O. The number of carbonyl (C=O) groups is 1. The zero-order valence-corrected chi connectivity index (χ0v) is 12.9.